The number of nitrogens with zero attached hydrogens (tertiary/aromatic N) is 1. The van der Waals surface area contributed by atoms with Crippen LogP contribution in [0.5, 0.6) is 0 Å². The van der Waals surface area contributed by atoms with E-state index in [4.69, 9.17) is 4.74 Å². The number of halogens is 1. The molecule has 1 heterocycles. The summed E-state index contributed by atoms with van der Waals surface area (Å²) in [5.41, 5.74) is 1.90. The van der Waals surface area contributed by atoms with Crippen LogP contribution >= 0.6 is 24.0 Å². The first-order valence-electron chi connectivity index (χ1n) is 8.61. The number of nitrogens with one attached hydrogen (secondary N) is 2. The Hall–Kier alpha value is -0.900. The lowest BCUT2D eigenvalue weighted by atomic mass is 9.84. The highest BCUT2D eigenvalue weighted by Gasteiger charge is 2.34. The molecule has 0 aliphatic carbocycles. The van der Waals surface area contributed by atoms with Gasteiger partial charge in [-0.2, -0.15) is 0 Å². The maximum Gasteiger partial charge on any atom is 0.191 e. The van der Waals surface area contributed by atoms with Crippen LogP contribution in [0.4, 0.5) is 0 Å². The van der Waals surface area contributed by atoms with Gasteiger partial charge in [0.15, 0.2) is 5.96 Å². The highest BCUT2D eigenvalue weighted by Crippen LogP contribution is 2.31. The lowest BCUT2D eigenvalue weighted by Gasteiger charge is -2.27. The maximum atomic E-state index is 9.41. The first-order valence-corrected chi connectivity index (χ1v) is 8.61. The molecule has 1 aliphatic rings. The molecule has 2 rings (SSSR count). The van der Waals surface area contributed by atoms with Gasteiger partial charge in [-0.25, -0.2) is 4.99 Å². The van der Waals surface area contributed by atoms with Gasteiger partial charge < -0.3 is 25.6 Å². The Morgan fingerprint density at radius 3 is 2.60 bits per heavy atom. The van der Waals surface area contributed by atoms with Gasteiger partial charge >= 0.3 is 0 Å². The molecule has 7 heteroatoms. The standard InChI is InChI=1S/C18H29N3O3.HI/c1-2-19-17(20-11-15-5-3-4-6-16(15)12-23)21-13-18(7-9-22)8-10-24-14-18;/h3-6,22-23H,2,7-14H2,1H3,(H2,19,20,21);1H. The third-order valence-electron chi connectivity index (χ3n) is 4.50. The van der Waals surface area contributed by atoms with Crippen molar-refractivity contribution in [3.05, 3.63) is 35.4 Å². The van der Waals surface area contributed by atoms with Gasteiger partial charge in [-0.15, -0.1) is 24.0 Å². The molecule has 1 fully saturated rings. The topological polar surface area (TPSA) is 86.1 Å². The van der Waals surface area contributed by atoms with Gasteiger partial charge in [-0.05, 0) is 30.9 Å². The number of aliphatic hydroxyl groups excluding tert-OH is 2. The summed E-state index contributed by atoms with van der Waals surface area (Å²) in [4.78, 5) is 4.62. The number of ether oxygens (including phenoxy) is 1. The molecule has 1 aromatic carbocycles. The second-order valence-corrected chi connectivity index (χ2v) is 6.25. The van der Waals surface area contributed by atoms with E-state index in [2.05, 4.69) is 15.6 Å². The van der Waals surface area contributed by atoms with Crippen molar-refractivity contribution in [1.29, 1.82) is 0 Å². The normalized spacial score (nSPS) is 20.2. The fourth-order valence-electron chi connectivity index (χ4n) is 2.95. The number of hydrogen-bond acceptors (Lipinski definition) is 4. The van der Waals surface area contributed by atoms with Gasteiger partial charge in [-0.3, -0.25) is 0 Å². The Morgan fingerprint density at radius 1 is 1.24 bits per heavy atom. The third kappa shape index (κ3) is 6.73. The van der Waals surface area contributed by atoms with E-state index in [1.54, 1.807) is 0 Å². The molecule has 1 saturated heterocycles. The van der Waals surface area contributed by atoms with Crippen molar-refractivity contribution in [2.45, 2.75) is 32.9 Å². The molecule has 0 radical (unpaired) electrons. The zero-order valence-corrected chi connectivity index (χ0v) is 17.2. The first kappa shape index (κ1) is 22.1. The molecule has 0 spiro atoms. The van der Waals surface area contributed by atoms with Gasteiger partial charge in [0.05, 0.1) is 19.8 Å². The summed E-state index contributed by atoms with van der Waals surface area (Å²) in [6.45, 7) is 5.65. The van der Waals surface area contributed by atoms with E-state index in [0.29, 0.717) is 13.2 Å². The molecule has 142 valence electrons. The summed E-state index contributed by atoms with van der Waals surface area (Å²) in [7, 11) is 0. The first-order chi connectivity index (χ1) is 11.7. The fourth-order valence-corrected chi connectivity index (χ4v) is 2.95. The molecule has 1 atom stereocenters. The van der Waals surface area contributed by atoms with Crippen LogP contribution < -0.4 is 10.6 Å². The summed E-state index contributed by atoms with van der Waals surface area (Å²) < 4.78 is 5.53. The number of guanidine groups is 1. The highest BCUT2D eigenvalue weighted by atomic mass is 127. The van der Waals surface area contributed by atoms with Crippen LogP contribution in [-0.4, -0.2) is 49.1 Å². The van der Waals surface area contributed by atoms with Gasteiger partial charge in [0.2, 0.25) is 0 Å². The van der Waals surface area contributed by atoms with Crippen LogP contribution in [0.3, 0.4) is 0 Å². The van der Waals surface area contributed by atoms with E-state index in [1.165, 1.54) is 0 Å². The second kappa shape index (κ2) is 11.7. The monoisotopic (exact) mass is 463 g/mol. The summed E-state index contributed by atoms with van der Waals surface area (Å²) in [6.07, 6.45) is 1.68. The molecule has 6 nitrogen and oxygen atoms in total. The molecule has 1 unspecified atom stereocenters. The minimum Gasteiger partial charge on any atom is -0.396 e. The second-order valence-electron chi connectivity index (χ2n) is 6.25. The molecule has 25 heavy (non-hydrogen) atoms. The fraction of sp³-hybridized carbons (Fsp3) is 0.611. The molecular formula is C18H30IN3O3. The molecule has 0 saturated carbocycles. The third-order valence-corrected chi connectivity index (χ3v) is 4.50. The molecule has 1 aromatic rings. The lowest BCUT2D eigenvalue weighted by Crippen LogP contribution is -2.44. The summed E-state index contributed by atoms with van der Waals surface area (Å²) in [6, 6.07) is 7.77. The van der Waals surface area contributed by atoms with Crippen LogP contribution in [0.15, 0.2) is 29.3 Å². The number of hydrogen-bond donors (Lipinski definition) is 4. The largest absolute Gasteiger partial charge is 0.396 e. The SMILES string of the molecule is CCNC(=NCc1ccccc1CO)NCC1(CCO)CCOC1.I. The van der Waals surface area contributed by atoms with E-state index in [9.17, 15) is 10.2 Å². The Bertz CT molecular complexity index is 534. The zero-order chi connectivity index (χ0) is 17.3. The zero-order valence-electron chi connectivity index (χ0n) is 14.8. The van der Waals surface area contributed by atoms with Crippen LogP contribution in [0.1, 0.15) is 30.9 Å². The Balaban J connectivity index is 0.00000312. The van der Waals surface area contributed by atoms with Crippen molar-refractivity contribution in [3.63, 3.8) is 0 Å². The Morgan fingerprint density at radius 2 is 2.00 bits per heavy atom. The Kier molecular flexibility index (Phi) is 10.3. The highest BCUT2D eigenvalue weighted by molar-refractivity contribution is 14.0. The van der Waals surface area contributed by atoms with Crippen molar-refractivity contribution < 1.29 is 14.9 Å². The molecule has 0 amide bonds. The maximum absolute atomic E-state index is 9.41. The van der Waals surface area contributed by atoms with Crippen LogP contribution in [-0.2, 0) is 17.9 Å². The number of benzene rings is 1. The number of aliphatic hydroxyl groups is 2. The summed E-state index contributed by atoms with van der Waals surface area (Å²) in [5, 5.41) is 25.4. The number of aliphatic imine (C=N–C) groups is 1. The minimum absolute atomic E-state index is 0. The van der Waals surface area contributed by atoms with Gasteiger partial charge in [0.25, 0.3) is 0 Å². The van der Waals surface area contributed by atoms with Crippen molar-refractivity contribution in [3.8, 4) is 0 Å². The number of rotatable bonds is 8. The quantitative estimate of drug-likeness (QED) is 0.268. The van der Waals surface area contributed by atoms with Crippen LogP contribution in [0.25, 0.3) is 0 Å². The van der Waals surface area contributed by atoms with Crippen molar-refractivity contribution in [1.82, 2.24) is 10.6 Å². The summed E-state index contributed by atoms with van der Waals surface area (Å²) in [5.74, 6) is 0.745. The van der Waals surface area contributed by atoms with E-state index >= 15 is 0 Å². The van der Waals surface area contributed by atoms with Gasteiger partial charge in [0, 0.05) is 31.7 Å². The summed E-state index contributed by atoms with van der Waals surface area (Å²) >= 11 is 0. The van der Waals surface area contributed by atoms with Crippen molar-refractivity contribution >= 4 is 29.9 Å². The molecule has 4 N–H and O–H groups in total. The minimum atomic E-state index is -0.0199. The average molecular weight is 463 g/mol. The van der Waals surface area contributed by atoms with Crippen LogP contribution in [0.2, 0.25) is 0 Å². The molecule has 0 bridgehead atoms. The van der Waals surface area contributed by atoms with E-state index in [1.807, 2.05) is 31.2 Å². The van der Waals surface area contributed by atoms with E-state index in [-0.39, 0.29) is 42.6 Å². The van der Waals surface area contributed by atoms with E-state index in [0.717, 1.165) is 49.6 Å². The van der Waals surface area contributed by atoms with Crippen molar-refractivity contribution in [2.75, 3.05) is 32.9 Å². The van der Waals surface area contributed by atoms with E-state index < -0.39 is 0 Å². The van der Waals surface area contributed by atoms with Crippen LogP contribution in [0, 0.1) is 5.41 Å². The molecule has 1 aliphatic heterocycles. The predicted molar refractivity (Wildman–Crippen MR) is 110 cm³/mol. The predicted octanol–water partition coefficient (Wildman–Crippen LogP) is 1.64. The smallest absolute Gasteiger partial charge is 0.191 e. The van der Waals surface area contributed by atoms with Gasteiger partial charge in [-0.1, -0.05) is 24.3 Å². The lowest BCUT2D eigenvalue weighted by molar-refractivity contribution is 0.127. The molecular weight excluding hydrogens is 433 g/mol. The Labute approximate surface area is 167 Å². The van der Waals surface area contributed by atoms with Crippen molar-refractivity contribution in [2.24, 2.45) is 10.4 Å². The average Bonchev–Trinajstić information content (AvgIpc) is 3.07. The molecule has 0 aromatic heterocycles. The van der Waals surface area contributed by atoms with Gasteiger partial charge in [0.1, 0.15) is 0 Å².